The maximum atomic E-state index is 12.4. The number of terminal acetylenes is 1. The summed E-state index contributed by atoms with van der Waals surface area (Å²) in [5.74, 6) is 0.267. The van der Waals surface area contributed by atoms with Crippen molar-refractivity contribution in [3.05, 3.63) is 29.6 Å². The standard InChI is InChI=1S/C7H3F2N/c1-2-5-6(8)3-10-4-7(5)9/h1,3-4H. The molecule has 0 amide bonds. The van der Waals surface area contributed by atoms with Crippen molar-refractivity contribution in [3.8, 4) is 12.3 Å². The molecule has 0 aliphatic heterocycles. The fraction of sp³-hybridized carbons (Fsp3) is 0. The van der Waals surface area contributed by atoms with Crippen molar-refractivity contribution in [2.24, 2.45) is 0 Å². The zero-order valence-electron chi connectivity index (χ0n) is 4.94. The molecule has 0 N–H and O–H groups in total. The highest BCUT2D eigenvalue weighted by molar-refractivity contribution is 5.32. The molecule has 0 atom stereocenters. The van der Waals surface area contributed by atoms with E-state index in [1.807, 2.05) is 5.92 Å². The van der Waals surface area contributed by atoms with Crippen LogP contribution < -0.4 is 0 Å². The van der Waals surface area contributed by atoms with Gasteiger partial charge in [-0.3, -0.25) is 4.98 Å². The quantitative estimate of drug-likeness (QED) is 0.494. The number of nitrogens with zero attached hydrogens (tertiary/aromatic N) is 1. The lowest BCUT2D eigenvalue weighted by atomic mass is 10.2. The highest BCUT2D eigenvalue weighted by Gasteiger charge is 2.04. The summed E-state index contributed by atoms with van der Waals surface area (Å²) in [5, 5.41) is 0. The Balaban J connectivity index is 3.34. The van der Waals surface area contributed by atoms with Gasteiger partial charge in [-0.25, -0.2) is 8.78 Å². The molecule has 50 valence electrons. The average molecular weight is 139 g/mol. The van der Waals surface area contributed by atoms with Crippen LogP contribution in [0.3, 0.4) is 0 Å². The van der Waals surface area contributed by atoms with Gasteiger partial charge < -0.3 is 0 Å². The van der Waals surface area contributed by atoms with Crippen LogP contribution >= 0.6 is 0 Å². The van der Waals surface area contributed by atoms with E-state index in [2.05, 4.69) is 4.98 Å². The van der Waals surface area contributed by atoms with E-state index in [0.29, 0.717) is 0 Å². The SMILES string of the molecule is C#Cc1c(F)cncc1F. The highest BCUT2D eigenvalue weighted by Crippen LogP contribution is 2.07. The van der Waals surface area contributed by atoms with Gasteiger partial charge in [0.25, 0.3) is 0 Å². The fourth-order valence-electron chi connectivity index (χ4n) is 0.549. The van der Waals surface area contributed by atoms with Crippen LogP contribution in [0.15, 0.2) is 12.4 Å². The van der Waals surface area contributed by atoms with Crippen molar-refractivity contribution in [1.82, 2.24) is 4.98 Å². The van der Waals surface area contributed by atoms with Crippen molar-refractivity contribution >= 4 is 0 Å². The smallest absolute Gasteiger partial charge is 0.160 e. The van der Waals surface area contributed by atoms with Gasteiger partial charge >= 0.3 is 0 Å². The van der Waals surface area contributed by atoms with E-state index in [0.717, 1.165) is 12.4 Å². The number of halogens is 2. The molecule has 0 fully saturated rings. The number of rotatable bonds is 0. The number of pyridine rings is 1. The number of hydrogen-bond donors (Lipinski definition) is 0. The minimum atomic E-state index is -0.803. The Kier molecular flexibility index (Phi) is 1.63. The van der Waals surface area contributed by atoms with E-state index in [1.165, 1.54) is 0 Å². The Hall–Kier alpha value is -1.43. The van der Waals surface area contributed by atoms with Gasteiger partial charge in [0.2, 0.25) is 0 Å². The molecule has 0 saturated carbocycles. The summed E-state index contributed by atoms with van der Waals surface area (Å²) in [6, 6.07) is 0. The lowest BCUT2D eigenvalue weighted by Gasteiger charge is -1.92. The van der Waals surface area contributed by atoms with Crippen LogP contribution in [0.25, 0.3) is 0 Å². The second-order valence-corrected chi connectivity index (χ2v) is 1.62. The molecule has 1 aromatic heterocycles. The fourth-order valence-corrected chi connectivity index (χ4v) is 0.549. The summed E-state index contributed by atoms with van der Waals surface area (Å²) in [6.07, 6.45) is 6.54. The molecule has 0 aromatic carbocycles. The molecule has 1 aromatic rings. The minimum absolute atomic E-state index is 0.366. The Morgan fingerprint density at radius 1 is 1.30 bits per heavy atom. The molecule has 0 unspecified atom stereocenters. The molecule has 0 radical (unpaired) electrons. The summed E-state index contributed by atoms with van der Waals surface area (Å²) < 4.78 is 24.8. The van der Waals surface area contributed by atoms with Crippen LogP contribution in [0, 0.1) is 24.0 Å². The van der Waals surface area contributed by atoms with Gasteiger partial charge in [0.15, 0.2) is 11.6 Å². The van der Waals surface area contributed by atoms with Crippen LogP contribution in [0.1, 0.15) is 5.56 Å². The van der Waals surface area contributed by atoms with Crippen LogP contribution in [-0.2, 0) is 0 Å². The van der Waals surface area contributed by atoms with Gasteiger partial charge in [-0.15, -0.1) is 6.42 Å². The maximum absolute atomic E-state index is 12.4. The van der Waals surface area contributed by atoms with Crippen molar-refractivity contribution in [1.29, 1.82) is 0 Å². The summed E-state index contributed by atoms with van der Waals surface area (Å²) in [7, 11) is 0. The lowest BCUT2D eigenvalue weighted by molar-refractivity contribution is 0.567. The van der Waals surface area contributed by atoms with Crippen molar-refractivity contribution in [2.45, 2.75) is 0 Å². The lowest BCUT2D eigenvalue weighted by Crippen LogP contribution is -1.90. The zero-order chi connectivity index (χ0) is 7.56. The molecule has 0 saturated heterocycles. The van der Waals surface area contributed by atoms with E-state index in [-0.39, 0.29) is 5.56 Å². The minimum Gasteiger partial charge on any atom is -0.259 e. The van der Waals surface area contributed by atoms with E-state index in [1.54, 1.807) is 0 Å². The van der Waals surface area contributed by atoms with E-state index >= 15 is 0 Å². The third-order valence-electron chi connectivity index (χ3n) is 0.998. The molecule has 1 rings (SSSR count). The van der Waals surface area contributed by atoms with Crippen molar-refractivity contribution in [3.63, 3.8) is 0 Å². The summed E-state index contributed by atoms with van der Waals surface area (Å²) >= 11 is 0. The third kappa shape index (κ3) is 0.960. The first-order valence-corrected chi connectivity index (χ1v) is 2.51. The number of hydrogen-bond acceptors (Lipinski definition) is 1. The second kappa shape index (κ2) is 2.44. The van der Waals surface area contributed by atoms with Gasteiger partial charge in [-0.2, -0.15) is 0 Å². The molecule has 1 nitrogen and oxygen atoms in total. The maximum Gasteiger partial charge on any atom is 0.160 e. The Morgan fingerprint density at radius 3 is 2.10 bits per heavy atom. The Bertz CT molecular complexity index is 268. The highest BCUT2D eigenvalue weighted by atomic mass is 19.1. The van der Waals surface area contributed by atoms with Crippen LogP contribution in [0.2, 0.25) is 0 Å². The summed E-state index contributed by atoms with van der Waals surface area (Å²) in [4.78, 5) is 3.25. The van der Waals surface area contributed by atoms with Crippen LogP contribution in [-0.4, -0.2) is 4.98 Å². The number of aromatic nitrogens is 1. The van der Waals surface area contributed by atoms with E-state index in [4.69, 9.17) is 6.42 Å². The van der Waals surface area contributed by atoms with Crippen LogP contribution in [0.4, 0.5) is 8.78 Å². The van der Waals surface area contributed by atoms with Gasteiger partial charge in [0.1, 0.15) is 0 Å². The molecular weight excluding hydrogens is 136 g/mol. The molecular formula is C7H3F2N. The molecule has 1 heterocycles. The van der Waals surface area contributed by atoms with Crippen molar-refractivity contribution < 1.29 is 8.78 Å². The topological polar surface area (TPSA) is 12.9 Å². The molecule has 3 heteroatoms. The predicted molar refractivity (Wildman–Crippen MR) is 32.1 cm³/mol. The van der Waals surface area contributed by atoms with E-state index < -0.39 is 11.6 Å². The largest absolute Gasteiger partial charge is 0.259 e. The third-order valence-corrected chi connectivity index (χ3v) is 0.998. The van der Waals surface area contributed by atoms with Crippen molar-refractivity contribution in [2.75, 3.05) is 0 Å². The monoisotopic (exact) mass is 139 g/mol. The van der Waals surface area contributed by atoms with Crippen LogP contribution in [0.5, 0.6) is 0 Å². The first-order chi connectivity index (χ1) is 4.75. The first-order valence-electron chi connectivity index (χ1n) is 2.51. The molecule has 0 spiro atoms. The average Bonchev–Trinajstić information content (AvgIpc) is 1.88. The Morgan fingerprint density at radius 2 is 1.80 bits per heavy atom. The van der Waals surface area contributed by atoms with E-state index in [9.17, 15) is 8.78 Å². The molecule has 10 heavy (non-hydrogen) atoms. The molecule has 0 bridgehead atoms. The van der Waals surface area contributed by atoms with Gasteiger partial charge in [0.05, 0.1) is 18.0 Å². The normalized spacial score (nSPS) is 8.90. The predicted octanol–water partition coefficient (Wildman–Crippen LogP) is 1.34. The summed E-state index contributed by atoms with van der Waals surface area (Å²) in [6.45, 7) is 0. The second-order valence-electron chi connectivity index (χ2n) is 1.62. The van der Waals surface area contributed by atoms with Gasteiger partial charge in [-0.05, 0) is 0 Å². The molecule has 0 aliphatic rings. The van der Waals surface area contributed by atoms with Gasteiger partial charge in [-0.1, -0.05) is 5.92 Å². The molecule has 0 aliphatic carbocycles. The Labute approximate surface area is 56.7 Å². The first kappa shape index (κ1) is 6.69. The van der Waals surface area contributed by atoms with Gasteiger partial charge in [0, 0.05) is 0 Å². The summed E-state index contributed by atoms with van der Waals surface area (Å²) in [5.41, 5.74) is -0.366. The zero-order valence-corrected chi connectivity index (χ0v) is 4.94.